The number of ether oxygens (including phenoxy) is 1. The minimum Gasteiger partial charge on any atom is -0.508 e. The molecule has 2 aromatic rings. The van der Waals surface area contributed by atoms with Crippen LogP contribution in [0.1, 0.15) is 37.8 Å². The lowest BCUT2D eigenvalue weighted by atomic mass is 9.98. The molecule has 4 nitrogen and oxygen atoms in total. The zero-order chi connectivity index (χ0) is 20.6. The second kappa shape index (κ2) is 10.2. The predicted octanol–water partition coefficient (Wildman–Crippen LogP) is 4.60. The molecule has 154 valence electrons. The first-order valence-electron chi connectivity index (χ1n) is 10.1. The van der Waals surface area contributed by atoms with Gasteiger partial charge in [-0.05, 0) is 49.6 Å². The smallest absolute Gasteiger partial charge is 0.145 e. The van der Waals surface area contributed by atoms with Crippen LogP contribution < -0.4 is 9.64 Å². The van der Waals surface area contributed by atoms with E-state index in [0.29, 0.717) is 11.8 Å². The highest BCUT2D eigenvalue weighted by atomic mass is 19.1. The molecule has 0 aromatic heterocycles. The molecule has 1 fully saturated rings. The Labute approximate surface area is 172 Å². The molecule has 0 amide bonds. The van der Waals surface area contributed by atoms with E-state index >= 15 is 0 Å². The van der Waals surface area contributed by atoms with Gasteiger partial charge in [0.25, 0.3) is 0 Å². The summed E-state index contributed by atoms with van der Waals surface area (Å²) >= 11 is 0. The molecule has 1 aliphatic rings. The fourth-order valence-electron chi connectivity index (χ4n) is 3.95. The fourth-order valence-corrected chi connectivity index (χ4v) is 3.95. The lowest BCUT2D eigenvalue weighted by Crippen LogP contribution is -2.47. The van der Waals surface area contributed by atoms with Crippen molar-refractivity contribution in [2.45, 2.75) is 32.2 Å². The van der Waals surface area contributed by atoms with E-state index in [2.05, 4.69) is 21.6 Å². The number of methoxy groups -OCH3 is 1. The Morgan fingerprint density at radius 1 is 1.10 bits per heavy atom. The molecule has 0 saturated carbocycles. The van der Waals surface area contributed by atoms with Crippen molar-refractivity contribution in [2.75, 3.05) is 38.2 Å². The van der Waals surface area contributed by atoms with Gasteiger partial charge < -0.3 is 14.7 Å². The van der Waals surface area contributed by atoms with E-state index in [0.717, 1.165) is 51.1 Å². The monoisotopic (exact) mass is 396 g/mol. The number of phenolic OH excluding ortho intramolecular Hbond substituents is 1. The maximum absolute atomic E-state index is 13.5. The van der Waals surface area contributed by atoms with Gasteiger partial charge in [-0.25, -0.2) is 4.39 Å². The van der Waals surface area contributed by atoms with Gasteiger partial charge in [-0.2, -0.15) is 0 Å². The summed E-state index contributed by atoms with van der Waals surface area (Å²) in [6, 6.07) is 12.6. The van der Waals surface area contributed by atoms with Crippen molar-refractivity contribution in [2.24, 2.45) is 0 Å². The van der Waals surface area contributed by atoms with Crippen LogP contribution >= 0.6 is 0 Å². The second-order valence-electron chi connectivity index (χ2n) is 7.27. The number of piperazine rings is 1. The van der Waals surface area contributed by atoms with Crippen LogP contribution in [-0.4, -0.2) is 43.3 Å². The standard InChI is InChI=1S/C24H29FN2O2/c1-3-4-5-6-7-22(19-8-11-21(28)12-9-19)26-14-16-27(17-15-26)23-13-10-20(25)18-24(23)29-2/h8-13,18,22,28H,5-7,14-17H2,1-2H3. The van der Waals surface area contributed by atoms with Crippen LogP contribution in [0.4, 0.5) is 10.1 Å². The Morgan fingerprint density at radius 3 is 2.48 bits per heavy atom. The Kier molecular flexibility index (Phi) is 7.37. The third-order valence-corrected chi connectivity index (χ3v) is 5.47. The number of unbranched alkanes of at least 4 members (excludes halogenated alkanes) is 1. The molecule has 29 heavy (non-hydrogen) atoms. The second-order valence-corrected chi connectivity index (χ2v) is 7.27. The molecule has 1 atom stereocenters. The van der Waals surface area contributed by atoms with Crippen LogP contribution in [0.3, 0.4) is 0 Å². The molecule has 1 saturated heterocycles. The third-order valence-electron chi connectivity index (χ3n) is 5.47. The quantitative estimate of drug-likeness (QED) is 0.548. The van der Waals surface area contributed by atoms with E-state index in [1.807, 2.05) is 19.1 Å². The van der Waals surface area contributed by atoms with Crippen molar-refractivity contribution < 1.29 is 14.2 Å². The van der Waals surface area contributed by atoms with E-state index in [1.54, 1.807) is 25.3 Å². The van der Waals surface area contributed by atoms with Gasteiger partial charge in [-0.3, -0.25) is 4.90 Å². The van der Waals surface area contributed by atoms with Crippen molar-refractivity contribution in [3.05, 3.63) is 53.8 Å². The van der Waals surface area contributed by atoms with E-state index < -0.39 is 0 Å². The van der Waals surface area contributed by atoms with E-state index in [4.69, 9.17) is 4.74 Å². The zero-order valence-corrected chi connectivity index (χ0v) is 17.2. The van der Waals surface area contributed by atoms with Crippen LogP contribution in [0.2, 0.25) is 0 Å². The largest absolute Gasteiger partial charge is 0.508 e. The van der Waals surface area contributed by atoms with Crippen LogP contribution in [0, 0.1) is 17.7 Å². The number of hydrogen-bond acceptors (Lipinski definition) is 4. The first-order chi connectivity index (χ1) is 14.1. The highest BCUT2D eigenvalue weighted by Crippen LogP contribution is 2.33. The molecule has 1 N–H and O–H groups in total. The van der Waals surface area contributed by atoms with Crippen LogP contribution in [-0.2, 0) is 0 Å². The number of rotatable bonds is 7. The Hall–Kier alpha value is -2.71. The van der Waals surface area contributed by atoms with E-state index in [9.17, 15) is 9.50 Å². The fraction of sp³-hybridized carbons (Fsp3) is 0.417. The summed E-state index contributed by atoms with van der Waals surface area (Å²) in [6.07, 6.45) is 2.97. The van der Waals surface area contributed by atoms with E-state index in [1.165, 1.54) is 17.7 Å². The number of hydrogen-bond donors (Lipinski definition) is 1. The molecule has 0 radical (unpaired) electrons. The summed E-state index contributed by atoms with van der Waals surface area (Å²) in [5.74, 6) is 6.70. The van der Waals surface area contributed by atoms with Gasteiger partial charge in [0, 0.05) is 44.7 Å². The summed E-state index contributed by atoms with van der Waals surface area (Å²) in [5.41, 5.74) is 2.16. The SMILES string of the molecule is CC#CCCCC(c1ccc(O)cc1)N1CCN(c2ccc(F)cc2OC)CC1. The van der Waals surface area contributed by atoms with Crippen molar-refractivity contribution in [3.63, 3.8) is 0 Å². The molecular formula is C24H29FN2O2. The Morgan fingerprint density at radius 2 is 1.83 bits per heavy atom. The van der Waals surface area contributed by atoms with Crippen LogP contribution in [0.5, 0.6) is 11.5 Å². The van der Waals surface area contributed by atoms with E-state index in [-0.39, 0.29) is 11.6 Å². The molecule has 3 rings (SSSR count). The predicted molar refractivity (Wildman–Crippen MR) is 115 cm³/mol. The molecular weight excluding hydrogens is 367 g/mol. The minimum atomic E-state index is -0.285. The average Bonchev–Trinajstić information content (AvgIpc) is 2.75. The summed E-state index contributed by atoms with van der Waals surface area (Å²) in [7, 11) is 1.58. The molecule has 0 bridgehead atoms. The lowest BCUT2D eigenvalue weighted by molar-refractivity contribution is 0.174. The molecule has 0 spiro atoms. The molecule has 2 aromatic carbocycles. The summed E-state index contributed by atoms with van der Waals surface area (Å²) in [5, 5.41) is 9.65. The highest BCUT2D eigenvalue weighted by Gasteiger charge is 2.26. The maximum Gasteiger partial charge on any atom is 0.145 e. The van der Waals surface area contributed by atoms with Crippen LogP contribution in [0.25, 0.3) is 0 Å². The number of aromatic hydroxyl groups is 1. The van der Waals surface area contributed by atoms with Gasteiger partial charge in [0.1, 0.15) is 17.3 Å². The number of anilines is 1. The van der Waals surface area contributed by atoms with Crippen molar-refractivity contribution >= 4 is 5.69 Å². The topological polar surface area (TPSA) is 35.9 Å². The van der Waals surface area contributed by atoms with Gasteiger partial charge in [-0.1, -0.05) is 12.1 Å². The molecule has 1 aliphatic heterocycles. The molecule has 5 heteroatoms. The Balaban J connectivity index is 1.70. The summed E-state index contributed by atoms with van der Waals surface area (Å²) in [6.45, 7) is 5.40. The highest BCUT2D eigenvalue weighted by molar-refractivity contribution is 5.59. The summed E-state index contributed by atoms with van der Waals surface area (Å²) < 4.78 is 18.9. The molecule has 1 heterocycles. The van der Waals surface area contributed by atoms with Crippen molar-refractivity contribution in [3.8, 4) is 23.3 Å². The first-order valence-corrected chi connectivity index (χ1v) is 10.1. The van der Waals surface area contributed by atoms with Crippen molar-refractivity contribution in [1.29, 1.82) is 0 Å². The number of halogens is 1. The van der Waals surface area contributed by atoms with Gasteiger partial charge in [0.05, 0.1) is 12.8 Å². The maximum atomic E-state index is 13.5. The van der Waals surface area contributed by atoms with Crippen molar-refractivity contribution in [1.82, 2.24) is 4.90 Å². The summed E-state index contributed by atoms with van der Waals surface area (Å²) in [4.78, 5) is 4.75. The zero-order valence-electron chi connectivity index (χ0n) is 17.2. The minimum absolute atomic E-state index is 0.285. The normalized spacial score (nSPS) is 15.5. The lowest BCUT2D eigenvalue weighted by Gasteiger charge is -2.41. The van der Waals surface area contributed by atoms with Gasteiger partial charge in [0.15, 0.2) is 0 Å². The number of phenols is 1. The van der Waals surface area contributed by atoms with Crippen LogP contribution in [0.15, 0.2) is 42.5 Å². The Bertz CT molecular complexity index is 849. The van der Waals surface area contributed by atoms with Gasteiger partial charge in [-0.15, -0.1) is 11.8 Å². The first kappa shape index (κ1) is 21.0. The molecule has 1 unspecified atom stereocenters. The number of nitrogens with zero attached hydrogens (tertiary/aromatic N) is 2. The third kappa shape index (κ3) is 5.42. The molecule has 0 aliphatic carbocycles. The average molecular weight is 397 g/mol. The number of benzene rings is 2. The van der Waals surface area contributed by atoms with Gasteiger partial charge >= 0.3 is 0 Å². The van der Waals surface area contributed by atoms with Gasteiger partial charge in [0.2, 0.25) is 0 Å².